The van der Waals surface area contributed by atoms with E-state index in [4.69, 9.17) is 0 Å². The first-order valence-corrected chi connectivity index (χ1v) is 28.6. The fourth-order valence-electron chi connectivity index (χ4n) is 11.4. The largest absolute Gasteiger partial charge is 0.348 e. The molecule has 3 aliphatic rings. The van der Waals surface area contributed by atoms with Crippen molar-refractivity contribution in [2.75, 3.05) is 26.0 Å². The number of aryl methyl sites for hydroxylation is 1. The monoisotopic (exact) mass is 1140 g/mol. The number of benzene rings is 4. The van der Waals surface area contributed by atoms with E-state index in [1.807, 2.05) is 59.7 Å². The first kappa shape index (κ1) is 61.1. The number of nitrogens with zero attached hydrogens (tertiary/aromatic N) is 3. The molecular formula is C63H80FN11O8. The highest BCUT2D eigenvalue weighted by Crippen LogP contribution is 2.34. The van der Waals surface area contributed by atoms with E-state index in [0.29, 0.717) is 22.2 Å². The predicted molar refractivity (Wildman–Crippen MR) is 315 cm³/mol. The summed E-state index contributed by atoms with van der Waals surface area (Å²) in [7, 11) is 3.29. The second-order valence-electron chi connectivity index (χ2n) is 24.5. The molecule has 0 spiro atoms. The standard InChI is InChI=1S/C63H80FN11O8/c1-35(43-20-14-15-23-47(43)64)67-57(79)50-31-39-26-27-41(30-40(39)33-74(50)59(81)52(62(4,5)6)71-54(76)36(2)65-10)68-56(78)46-22-17-25-49-45(46)28-29-73(49)61(83)69-42-32-51(58(80)70-48-24-16-19-38-18-12-13-21-44(38)48)75(34-42)60(82)53(63(7,8)9)72-55(77)37(3)66-11/h12-15,17-18,20-23,25-30,35-37,42,48,50-53,65-66H,16,19,24,31-34H2,1-11H3,(H,67,79)(H,68,78)(H,69,83)(H,70,80)(H,71,76)(H,72,77)/t35-,36+,37+,42+,48?,50+,51+,52-,53-/m1/s1. The zero-order valence-corrected chi connectivity index (χ0v) is 49.4. The quantitative estimate of drug-likeness (QED) is 0.0559. The van der Waals surface area contributed by atoms with Gasteiger partial charge < -0.3 is 52.3 Å². The smallest absolute Gasteiger partial charge is 0.326 e. The maximum Gasteiger partial charge on any atom is 0.326 e. The summed E-state index contributed by atoms with van der Waals surface area (Å²) in [6.45, 7) is 16.0. The van der Waals surface area contributed by atoms with Crippen molar-refractivity contribution in [1.29, 1.82) is 0 Å². The molecular weight excluding hydrogens is 1060 g/mol. The van der Waals surface area contributed by atoms with Gasteiger partial charge in [-0.2, -0.15) is 0 Å². The van der Waals surface area contributed by atoms with E-state index < -0.39 is 101 Å². The number of likely N-dealkylation sites (tertiary alicyclic amines) is 1. The molecule has 3 heterocycles. The van der Waals surface area contributed by atoms with E-state index in [2.05, 4.69) is 48.6 Å². The number of amides is 8. The van der Waals surface area contributed by atoms with E-state index in [1.165, 1.54) is 20.4 Å². The average Bonchev–Trinajstić information content (AvgIpc) is 4.24. The van der Waals surface area contributed by atoms with Crippen LogP contribution in [0.4, 0.5) is 14.9 Å². The van der Waals surface area contributed by atoms with E-state index in [-0.39, 0.29) is 54.9 Å². The summed E-state index contributed by atoms with van der Waals surface area (Å²) in [6, 6.07) is 18.5. The summed E-state index contributed by atoms with van der Waals surface area (Å²) in [5.41, 5.74) is 3.39. The average molecular weight is 1140 g/mol. The van der Waals surface area contributed by atoms with Crippen molar-refractivity contribution in [3.05, 3.63) is 136 Å². The molecule has 1 aliphatic carbocycles. The van der Waals surface area contributed by atoms with Crippen molar-refractivity contribution in [2.24, 2.45) is 10.8 Å². The second-order valence-corrected chi connectivity index (χ2v) is 24.5. The van der Waals surface area contributed by atoms with E-state index in [0.717, 1.165) is 36.0 Å². The summed E-state index contributed by atoms with van der Waals surface area (Å²) >= 11 is 0. The number of nitrogens with one attached hydrogen (secondary N) is 8. The molecule has 0 radical (unpaired) electrons. The number of carbonyl (C=O) groups is 8. The Kier molecular flexibility index (Phi) is 18.6. The summed E-state index contributed by atoms with van der Waals surface area (Å²) in [5, 5.41) is 24.3. The normalized spacial score (nSPS) is 19.7. The Morgan fingerprint density at radius 3 is 1.94 bits per heavy atom. The minimum atomic E-state index is -1.05. The van der Waals surface area contributed by atoms with Gasteiger partial charge >= 0.3 is 6.03 Å². The second kappa shape index (κ2) is 25.3. The van der Waals surface area contributed by atoms with Crippen LogP contribution < -0.4 is 42.5 Å². The van der Waals surface area contributed by atoms with Crippen molar-refractivity contribution in [1.82, 2.24) is 51.6 Å². The van der Waals surface area contributed by atoms with Crippen LogP contribution in [-0.2, 0) is 48.2 Å². The Bertz CT molecular complexity index is 3290. The van der Waals surface area contributed by atoms with Gasteiger partial charge in [0.05, 0.1) is 35.7 Å². The van der Waals surface area contributed by atoms with Crippen molar-refractivity contribution in [3.8, 4) is 0 Å². The number of aromatic nitrogens is 1. The lowest BCUT2D eigenvalue weighted by Gasteiger charge is -2.41. The Hall–Kier alpha value is -7.97. The highest BCUT2D eigenvalue weighted by molar-refractivity contribution is 6.13. The molecule has 5 aromatic rings. The van der Waals surface area contributed by atoms with Crippen molar-refractivity contribution in [2.45, 2.75) is 155 Å². The van der Waals surface area contributed by atoms with Crippen LogP contribution in [0.3, 0.4) is 0 Å². The van der Waals surface area contributed by atoms with Gasteiger partial charge in [-0.05, 0) is 130 Å². The van der Waals surface area contributed by atoms with Gasteiger partial charge in [0.2, 0.25) is 35.4 Å². The number of likely N-dealkylation sites (N-methyl/N-ethyl adjacent to an activating group) is 2. The molecule has 0 bridgehead atoms. The summed E-state index contributed by atoms with van der Waals surface area (Å²) in [5.74, 6) is -3.56. The molecule has 8 rings (SSSR count). The van der Waals surface area contributed by atoms with Crippen LogP contribution in [0.5, 0.6) is 0 Å². The number of halogens is 1. The van der Waals surface area contributed by atoms with Gasteiger partial charge in [-0.1, -0.05) is 96.1 Å². The van der Waals surface area contributed by atoms with Crippen molar-refractivity contribution in [3.63, 3.8) is 0 Å². The Morgan fingerprint density at radius 1 is 0.651 bits per heavy atom. The maximum atomic E-state index is 14.9. The lowest BCUT2D eigenvalue weighted by Crippen LogP contribution is -2.62. The molecule has 2 aliphatic heterocycles. The molecule has 20 heteroatoms. The van der Waals surface area contributed by atoms with E-state index in [9.17, 15) is 42.7 Å². The maximum absolute atomic E-state index is 14.9. The van der Waals surface area contributed by atoms with Crippen LogP contribution >= 0.6 is 0 Å². The number of hydrogen-bond acceptors (Lipinski definition) is 10. The predicted octanol–water partition coefficient (Wildman–Crippen LogP) is 6.16. The van der Waals surface area contributed by atoms with Crippen LogP contribution in [-0.4, -0.2) is 125 Å². The van der Waals surface area contributed by atoms with Gasteiger partial charge in [-0.3, -0.25) is 38.1 Å². The van der Waals surface area contributed by atoms with Gasteiger partial charge in [-0.25, -0.2) is 9.18 Å². The third-order valence-corrected chi connectivity index (χ3v) is 16.5. The third-order valence-electron chi connectivity index (χ3n) is 16.5. The number of carbonyl (C=O) groups excluding carboxylic acids is 8. The van der Waals surface area contributed by atoms with Crippen LogP contribution in [0.1, 0.15) is 132 Å². The summed E-state index contributed by atoms with van der Waals surface area (Å²) in [4.78, 5) is 117. The first-order chi connectivity index (χ1) is 39.3. The molecule has 9 atom stereocenters. The zero-order valence-electron chi connectivity index (χ0n) is 49.4. The molecule has 442 valence electrons. The molecule has 8 N–H and O–H groups in total. The summed E-state index contributed by atoms with van der Waals surface area (Å²) < 4.78 is 16.3. The molecule has 1 unspecified atom stereocenters. The fraction of sp³-hybridized carbons (Fsp3) is 0.460. The Balaban J connectivity index is 1.02. The minimum absolute atomic E-state index is 0.0142. The molecule has 4 aromatic carbocycles. The van der Waals surface area contributed by atoms with Crippen LogP contribution in [0.15, 0.2) is 97.2 Å². The highest BCUT2D eigenvalue weighted by Gasteiger charge is 2.47. The van der Waals surface area contributed by atoms with Crippen LogP contribution in [0.2, 0.25) is 0 Å². The fourth-order valence-corrected chi connectivity index (χ4v) is 11.4. The number of anilines is 1. The van der Waals surface area contributed by atoms with Gasteiger partial charge in [0.15, 0.2) is 0 Å². The molecule has 1 fully saturated rings. The molecule has 19 nitrogen and oxygen atoms in total. The lowest BCUT2D eigenvalue weighted by molar-refractivity contribution is -0.147. The molecule has 8 amide bonds. The van der Waals surface area contributed by atoms with Gasteiger partial charge in [0.1, 0.15) is 30.0 Å². The number of hydrogen-bond donors (Lipinski definition) is 8. The topological polar surface area (TPSA) is 244 Å². The molecule has 1 aromatic heterocycles. The highest BCUT2D eigenvalue weighted by atomic mass is 19.1. The van der Waals surface area contributed by atoms with Crippen molar-refractivity contribution >= 4 is 64.0 Å². The molecule has 0 saturated carbocycles. The van der Waals surface area contributed by atoms with Gasteiger partial charge in [0.25, 0.3) is 5.91 Å². The molecule has 83 heavy (non-hydrogen) atoms. The Labute approximate surface area is 485 Å². The van der Waals surface area contributed by atoms with Crippen LogP contribution in [0, 0.1) is 16.6 Å². The Morgan fingerprint density at radius 2 is 1.29 bits per heavy atom. The minimum Gasteiger partial charge on any atom is -0.348 e. The number of fused-ring (bicyclic) bond motifs is 3. The SMILES string of the molecule is CN[C@@H](C)C(=O)N[C@H](C(=O)N1C[C@@H](NC(=O)n2ccc3c(C(=O)Nc4ccc5c(c4)CN(C(=O)[C@@H](NC(=O)[C@H](C)NC)C(C)(C)C)[C@H](C(=O)N[C@H](C)c4ccccc4F)C5)cccc32)C[C@H]1C(=O)NC1CCCc2ccccc21)C(C)(C)C. The van der Waals surface area contributed by atoms with Crippen LogP contribution in [0.25, 0.3) is 10.9 Å². The van der Waals surface area contributed by atoms with E-state index in [1.54, 1.807) is 102 Å². The van der Waals surface area contributed by atoms with Gasteiger partial charge in [-0.15, -0.1) is 0 Å². The number of rotatable bonds is 16. The zero-order chi connectivity index (χ0) is 60.2. The third kappa shape index (κ3) is 13.6. The first-order valence-electron chi connectivity index (χ1n) is 28.6. The molecule has 1 saturated heterocycles. The lowest BCUT2D eigenvalue weighted by atomic mass is 9.84. The van der Waals surface area contributed by atoms with Gasteiger partial charge in [0, 0.05) is 47.9 Å². The van der Waals surface area contributed by atoms with E-state index >= 15 is 0 Å². The van der Waals surface area contributed by atoms with Crippen molar-refractivity contribution < 1.29 is 42.7 Å². The summed E-state index contributed by atoms with van der Waals surface area (Å²) in [6.07, 6.45) is 4.23.